The summed E-state index contributed by atoms with van der Waals surface area (Å²) in [6.07, 6.45) is 12.2. The highest BCUT2D eigenvalue weighted by molar-refractivity contribution is 5.78. The highest BCUT2D eigenvalue weighted by atomic mass is 16.2. The third-order valence-electron chi connectivity index (χ3n) is 5.22. The molecule has 0 bridgehead atoms. The maximum atomic E-state index is 12.7. The summed E-state index contributed by atoms with van der Waals surface area (Å²) in [5.41, 5.74) is 2.79. The van der Waals surface area contributed by atoms with Crippen molar-refractivity contribution in [1.29, 1.82) is 0 Å². The molecule has 4 heterocycles. The third kappa shape index (κ3) is 4.24. The van der Waals surface area contributed by atoms with Crippen molar-refractivity contribution in [3.63, 3.8) is 0 Å². The molecule has 4 rings (SSSR count). The topological polar surface area (TPSA) is 76.8 Å². The molecule has 7 nitrogen and oxygen atoms in total. The molecule has 1 atom stereocenters. The molecular formula is C21H24N6O. The third-order valence-corrected chi connectivity index (χ3v) is 5.22. The Balaban J connectivity index is 1.40. The molecule has 3 aromatic rings. The van der Waals surface area contributed by atoms with E-state index in [1.54, 1.807) is 24.9 Å². The normalized spacial score (nSPS) is 16.9. The summed E-state index contributed by atoms with van der Waals surface area (Å²) in [5, 5.41) is 0. The summed E-state index contributed by atoms with van der Waals surface area (Å²) in [6.45, 7) is 1.61. The van der Waals surface area contributed by atoms with E-state index < -0.39 is 0 Å². The lowest BCUT2D eigenvalue weighted by Gasteiger charge is -2.32. The molecule has 1 aliphatic rings. The molecule has 0 saturated carbocycles. The maximum absolute atomic E-state index is 12.7. The van der Waals surface area contributed by atoms with Crippen LogP contribution in [0.4, 0.5) is 0 Å². The SMILES string of the molecule is Cn1ccnc1-c1cc(C[C@@H]2CCCN(C(=O)Cc3cccnc3)C2)ncn1. The Bertz CT molecular complexity index is 939. The van der Waals surface area contributed by atoms with Gasteiger partial charge in [-0.25, -0.2) is 15.0 Å². The number of piperidine rings is 1. The van der Waals surface area contributed by atoms with Crippen LogP contribution in [0.1, 0.15) is 24.1 Å². The lowest BCUT2D eigenvalue weighted by atomic mass is 9.92. The first kappa shape index (κ1) is 18.3. The summed E-state index contributed by atoms with van der Waals surface area (Å²) < 4.78 is 1.95. The molecule has 1 saturated heterocycles. The van der Waals surface area contributed by atoms with E-state index in [1.165, 1.54) is 0 Å². The zero-order valence-corrected chi connectivity index (χ0v) is 16.0. The van der Waals surface area contributed by atoms with E-state index in [-0.39, 0.29) is 5.91 Å². The fraction of sp³-hybridized carbons (Fsp3) is 0.381. The van der Waals surface area contributed by atoms with Gasteiger partial charge >= 0.3 is 0 Å². The molecule has 0 N–H and O–H groups in total. The van der Waals surface area contributed by atoms with Gasteiger partial charge in [0.05, 0.1) is 6.42 Å². The summed E-state index contributed by atoms with van der Waals surface area (Å²) in [5.74, 6) is 1.42. The minimum absolute atomic E-state index is 0.175. The number of hydrogen-bond donors (Lipinski definition) is 0. The predicted molar refractivity (Wildman–Crippen MR) is 105 cm³/mol. The second-order valence-electron chi connectivity index (χ2n) is 7.35. The Kier molecular flexibility index (Phi) is 5.41. The number of aryl methyl sites for hydroxylation is 1. The van der Waals surface area contributed by atoms with Crippen molar-refractivity contribution in [2.45, 2.75) is 25.7 Å². The summed E-state index contributed by atoms with van der Waals surface area (Å²) in [4.78, 5) is 31.9. The predicted octanol–water partition coefficient (Wildman–Crippen LogP) is 2.30. The van der Waals surface area contributed by atoms with E-state index in [2.05, 4.69) is 19.9 Å². The van der Waals surface area contributed by atoms with Gasteiger partial charge in [0.25, 0.3) is 0 Å². The Morgan fingerprint density at radius 3 is 2.96 bits per heavy atom. The summed E-state index contributed by atoms with van der Waals surface area (Å²) in [6, 6.07) is 5.83. The fourth-order valence-corrected chi connectivity index (χ4v) is 3.79. The van der Waals surface area contributed by atoms with Crippen molar-refractivity contribution in [2.75, 3.05) is 13.1 Å². The van der Waals surface area contributed by atoms with Crippen LogP contribution in [0, 0.1) is 5.92 Å². The highest BCUT2D eigenvalue weighted by Crippen LogP contribution is 2.22. The first-order valence-electron chi connectivity index (χ1n) is 9.64. The molecule has 1 amide bonds. The monoisotopic (exact) mass is 376 g/mol. The van der Waals surface area contributed by atoms with Gasteiger partial charge in [-0.05, 0) is 42.9 Å². The van der Waals surface area contributed by atoms with E-state index >= 15 is 0 Å². The van der Waals surface area contributed by atoms with Gasteiger partial charge in [0.15, 0.2) is 5.82 Å². The number of imidazole rings is 1. The molecule has 0 radical (unpaired) electrons. The number of amides is 1. The Hall–Kier alpha value is -3.09. The molecule has 28 heavy (non-hydrogen) atoms. The van der Waals surface area contributed by atoms with Crippen molar-refractivity contribution in [1.82, 2.24) is 29.4 Å². The Morgan fingerprint density at radius 2 is 2.18 bits per heavy atom. The van der Waals surface area contributed by atoms with Crippen LogP contribution in [0.5, 0.6) is 0 Å². The number of carbonyl (C=O) groups is 1. The van der Waals surface area contributed by atoms with Gasteiger partial charge in [-0.2, -0.15) is 0 Å². The molecular weight excluding hydrogens is 352 g/mol. The number of likely N-dealkylation sites (tertiary alicyclic amines) is 1. The molecule has 0 unspecified atom stereocenters. The number of rotatable bonds is 5. The van der Waals surface area contributed by atoms with Crippen LogP contribution in [0.2, 0.25) is 0 Å². The summed E-state index contributed by atoms with van der Waals surface area (Å²) >= 11 is 0. The Morgan fingerprint density at radius 1 is 1.25 bits per heavy atom. The van der Waals surface area contributed by atoms with Gasteiger partial charge in [0.1, 0.15) is 12.0 Å². The summed E-state index contributed by atoms with van der Waals surface area (Å²) in [7, 11) is 1.96. The molecule has 1 fully saturated rings. The van der Waals surface area contributed by atoms with Crippen molar-refractivity contribution in [3.05, 3.63) is 60.6 Å². The zero-order chi connectivity index (χ0) is 19.3. The van der Waals surface area contributed by atoms with Crippen LogP contribution in [-0.4, -0.2) is 48.4 Å². The molecule has 0 spiro atoms. The van der Waals surface area contributed by atoms with Crippen molar-refractivity contribution in [2.24, 2.45) is 13.0 Å². The van der Waals surface area contributed by atoms with E-state index in [1.807, 2.05) is 40.9 Å². The average Bonchev–Trinajstić information content (AvgIpc) is 3.15. The Labute approximate surface area is 164 Å². The van der Waals surface area contributed by atoms with Crippen LogP contribution >= 0.6 is 0 Å². The minimum Gasteiger partial charge on any atom is -0.342 e. The second-order valence-corrected chi connectivity index (χ2v) is 7.35. The highest BCUT2D eigenvalue weighted by Gasteiger charge is 2.24. The van der Waals surface area contributed by atoms with Crippen molar-refractivity contribution in [3.8, 4) is 11.5 Å². The molecule has 0 aromatic carbocycles. The van der Waals surface area contributed by atoms with Crippen molar-refractivity contribution >= 4 is 5.91 Å². The van der Waals surface area contributed by atoms with Crippen molar-refractivity contribution < 1.29 is 4.79 Å². The molecule has 0 aliphatic carbocycles. The number of aromatic nitrogens is 5. The van der Waals surface area contributed by atoms with Gasteiger partial charge in [-0.1, -0.05) is 6.07 Å². The van der Waals surface area contributed by atoms with Crippen LogP contribution in [0.25, 0.3) is 11.5 Å². The number of pyridine rings is 1. The van der Waals surface area contributed by atoms with E-state index in [9.17, 15) is 4.79 Å². The smallest absolute Gasteiger partial charge is 0.227 e. The first-order valence-corrected chi connectivity index (χ1v) is 9.64. The van der Waals surface area contributed by atoms with E-state index in [4.69, 9.17) is 0 Å². The lowest BCUT2D eigenvalue weighted by molar-refractivity contribution is -0.132. The van der Waals surface area contributed by atoms with Crippen LogP contribution in [0.3, 0.4) is 0 Å². The van der Waals surface area contributed by atoms with Gasteiger partial charge in [0, 0.05) is 50.6 Å². The molecule has 1 aliphatic heterocycles. The number of nitrogens with zero attached hydrogens (tertiary/aromatic N) is 6. The van der Waals surface area contributed by atoms with Crippen LogP contribution in [0.15, 0.2) is 49.3 Å². The molecule has 7 heteroatoms. The maximum Gasteiger partial charge on any atom is 0.227 e. The largest absolute Gasteiger partial charge is 0.342 e. The zero-order valence-electron chi connectivity index (χ0n) is 16.0. The minimum atomic E-state index is 0.175. The standard InChI is InChI=1S/C21H24N6O/c1-26-9-7-23-21(26)19-12-18(24-15-25-19)10-17-5-3-8-27(14-17)20(28)11-16-4-2-6-22-13-16/h2,4,6-7,9,12-13,15,17H,3,5,8,10-11,14H2,1H3/t17-/m0/s1. The van der Waals surface area contributed by atoms with E-state index in [0.717, 1.165) is 55.1 Å². The average molecular weight is 376 g/mol. The van der Waals surface area contributed by atoms with Crippen LogP contribution < -0.4 is 0 Å². The second kappa shape index (κ2) is 8.29. The van der Waals surface area contributed by atoms with Crippen LogP contribution in [-0.2, 0) is 24.7 Å². The lowest BCUT2D eigenvalue weighted by Crippen LogP contribution is -2.41. The number of carbonyl (C=O) groups excluding carboxylic acids is 1. The van der Waals surface area contributed by atoms with Gasteiger partial charge < -0.3 is 9.47 Å². The van der Waals surface area contributed by atoms with E-state index in [0.29, 0.717) is 12.3 Å². The first-order chi connectivity index (χ1) is 13.7. The molecule has 3 aromatic heterocycles. The molecule has 144 valence electrons. The number of hydrogen-bond acceptors (Lipinski definition) is 5. The van der Waals surface area contributed by atoms with Gasteiger partial charge in [0.2, 0.25) is 5.91 Å². The van der Waals surface area contributed by atoms with Gasteiger partial charge in [-0.3, -0.25) is 9.78 Å². The van der Waals surface area contributed by atoms with Gasteiger partial charge in [-0.15, -0.1) is 0 Å². The fourth-order valence-electron chi connectivity index (χ4n) is 3.79. The quantitative estimate of drug-likeness (QED) is 0.683.